The lowest BCUT2D eigenvalue weighted by atomic mass is 10.0. The molecule has 1 atom stereocenters. The van der Waals surface area contributed by atoms with Gasteiger partial charge in [-0.25, -0.2) is 0 Å². The maximum Gasteiger partial charge on any atom is 0.130 e. The maximum absolute atomic E-state index is 5.86. The second kappa shape index (κ2) is 6.62. The summed E-state index contributed by atoms with van der Waals surface area (Å²) in [5.41, 5.74) is 3.61. The number of rotatable bonds is 4. The minimum Gasteiger partial charge on any atom is -0.493 e. The van der Waals surface area contributed by atoms with Gasteiger partial charge in [0.05, 0.1) is 12.3 Å². The summed E-state index contributed by atoms with van der Waals surface area (Å²) >= 11 is 0. The van der Waals surface area contributed by atoms with E-state index >= 15 is 0 Å². The smallest absolute Gasteiger partial charge is 0.130 e. The summed E-state index contributed by atoms with van der Waals surface area (Å²) in [7, 11) is 6.13. The number of hydrogen-bond donors (Lipinski definition) is 1. The topological polar surface area (TPSA) is 42.3 Å². The number of hydrogen-bond acceptors (Lipinski definition) is 4. The van der Waals surface area contributed by atoms with Crippen molar-refractivity contribution in [1.29, 1.82) is 0 Å². The van der Waals surface area contributed by atoms with Gasteiger partial charge < -0.3 is 15.0 Å². The van der Waals surface area contributed by atoms with Crippen molar-refractivity contribution in [3.8, 4) is 5.75 Å². The van der Waals surface area contributed by atoms with Crippen molar-refractivity contribution in [2.45, 2.75) is 32.4 Å². The molecule has 0 unspecified atom stereocenters. The molecule has 1 aliphatic heterocycles. The minimum atomic E-state index is 0.323. The fourth-order valence-electron chi connectivity index (χ4n) is 3.42. The molecule has 0 aliphatic carbocycles. The summed E-state index contributed by atoms with van der Waals surface area (Å²) < 4.78 is 7.81. The van der Waals surface area contributed by atoms with Gasteiger partial charge in [-0.2, -0.15) is 5.10 Å². The number of fused-ring (bicyclic) bond motifs is 1. The monoisotopic (exact) mass is 314 g/mol. The van der Waals surface area contributed by atoms with Gasteiger partial charge >= 0.3 is 0 Å². The quantitative estimate of drug-likeness (QED) is 0.942. The van der Waals surface area contributed by atoms with E-state index in [0.29, 0.717) is 6.04 Å². The highest BCUT2D eigenvalue weighted by Crippen LogP contribution is 2.32. The summed E-state index contributed by atoms with van der Waals surface area (Å²) in [6.07, 6.45) is 2.16. The fourth-order valence-corrected chi connectivity index (χ4v) is 3.42. The van der Waals surface area contributed by atoms with Crippen LogP contribution in [0.15, 0.2) is 24.3 Å². The second-order valence-corrected chi connectivity index (χ2v) is 6.37. The van der Waals surface area contributed by atoms with E-state index in [1.54, 1.807) is 0 Å². The number of benzene rings is 1. The van der Waals surface area contributed by atoms with Gasteiger partial charge in [-0.05, 0) is 25.8 Å². The molecule has 1 aromatic heterocycles. The van der Waals surface area contributed by atoms with Gasteiger partial charge in [0.15, 0.2) is 0 Å². The third-order valence-electron chi connectivity index (χ3n) is 4.45. The van der Waals surface area contributed by atoms with Crippen LogP contribution in [0.2, 0.25) is 0 Å². The molecule has 0 amide bonds. The predicted octanol–water partition coefficient (Wildman–Crippen LogP) is 2.80. The first-order valence-corrected chi connectivity index (χ1v) is 8.23. The Morgan fingerprint density at radius 3 is 2.91 bits per heavy atom. The molecule has 0 saturated carbocycles. The summed E-state index contributed by atoms with van der Waals surface area (Å²) in [6, 6.07) is 8.68. The largest absolute Gasteiger partial charge is 0.493 e. The van der Waals surface area contributed by atoms with E-state index in [0.717, 1.165) is 43.3 Å². The summed E-state index contributed by atoms with van der Waals surface area (Å²) in [4.78, 5) is 2.13. The highest BCUT2D eigenvalue weighted by atomic mass is 16.5. The van der Waals surface area contributed by atoms with E-state index in [4.69, 9.17) is 4.74 Å². The van der Waals surface area contributed by atoms with E-state index in [-0.39, 0.29) is 0 Å². The Morgan fingerprint density at radius 1 is 1.35 bits per heavy atom. The molecule has 0 fully saturated rings. The zero-order valence-electron chi connectivity index (χ0n) is 14.5. The molecule has 124 valence electrons. The Balaban J connectivity index is 1.82. The Bertz CT molecular complexity index is 678. The summed E-state index contributed by atoms with van der Waals surface area (Å²) in [5, 5.41) is 8.29. The third kappa shape index (κ3) is 3.20. The molecular formula is C18H26N4O. The summed E-state index contributed by atoms with van der Waals surface area (Å²) in [5.74, 6) is 2.17. The first-order valence-electron chi connectivity index (χ1n) is 8.23. The van der Waals surface area contributed by atoms with Crippen molar-refractivity contribution < 1.29 is 4.74 Å². The number of nitrogens with zero attached hydrogens (tertiary/aromatic N) is 3. The average molecular weight is 314 g/mol. The van der Waals surface area contributed by atoms with Crippen LogP contribution in [0.25, 0.3) is 0 Å². The van der Waals surface area contributed by atoms with Gasteiger partial charge in [0.2, 0.25) is 0 Å². The standard InChI is InChI=1S/C18H26N4O/c1-13-15(18(21(2)3)22(4)20-13)12-19-16-9-7-11-23-17-10-6-5-8-14(16)17/h5-6,8,10,16,19H,7,9,11-12H2,1-4H3/t16-/m1/s1. The molecular weight excluding hydrogens is 288 g/mol. The zero-order valence-corrected chi connectivity index (χ0v) is 14.5. The lowest BCUT2D eigenvalue weighted by molar-refractivity contribution is 0.315. The molecule has 1 aliphatic rings. The molecule has 5 heteroatoms. The Morgan fingerprint density at radius 2 is 2.13 bits per heavy atom. The molecule has 3 rings (SSSR count). The van der Waals surface area contributed by atoms with Crippen LogP contribution in [0.5, 0.6) is 5.75 Å². The van der Waals surface area contributed by atoms with Gasteiger partial charge in [-0.15, -0.1) is 0 Å². The van der Waals surface area contributed by atoms with Crippen molar-refractivity contribution in [1.82, 2.24) is 15.1 Å². The molecule has 1 aromatic carbocycles. The molecule has 23 heavy (non-hydrogen) atoms. The maximum atomic E-state index is 5.86. The fraction of sp³-hybridized carbons (Fsp3) is 0.500. The number of ether oxygens (including phenoxy) is 1. The normalized spacial score (nSPS) is 17.3. The molecule has 2 aromatic rings. The van der Waals surface area contributed by atoms with E-state index < -0.39 is 0 Å². The Kier molecular flexibility index (Phi) is 4.57. The second-order valence-electron chi connectivity index (χ2n) is 6.37. The lowest BCUT2D eigenvalue weighted by Crippen LogP contribution is -2.23. The third-order valence-corrected chi connectivity index (χ3v) is 4.45. The molecule has 0 saturated heterocycles. The van der Waals surface area contributed by atoms with Gasteiger partial charge in [0.1, 0.15) is 11.6 Å². The van der Waals surface area contributed by atoms with Crippen LogP contribution >= 0.6 is 0 Å². The Hall–Kier alpha value is -2.01. The molecule has 0 spiro atoms. The average Bonchev–Trinajstić information content (AvgIpc) is 2.69. The van der Waals surface area contributed by atoms with Gasteiger partial charge in [-0.3, -0.25) is 4.68 Å². The first kappa shape index (κ1) is 15.9. The van der Waals surface area contributed by atoms with Crippen LogP contribution in [0.1, 0.15) is 35.7 Å². The van der Waals surface area contributed by atoms with Crippen LogP contribution < -0.4 is 15.0 Å². The number of nitrogens with one attached hydrogen (secondary N) is 1. The van der Waals surface area contributed by atoms with E-state index in [1.165, 1.54) is 11.1 Å². The first-order chi connectivity index (χ1) is 11.1. The van der Waals surface area contributed by atoms with E-state index in [2.05, 4.69) is 54.5 Å². The van der Waals surface area contributed by atoms with Crippen molar-refractivity contribution in [3.05, 3.63) is 41.1 Å². The SMILES string of the molecule is Cc1nn(C)c(N(C)C)c1CN[C@@H]1CCCOc2ccccc21. The predicted molar refractivity (Wildman–Crippen MR) is 93.0 cm³/mol. The van der Waals surface area contributed by atoms with Crippen molar-refractivity contribution in [2.24, 2.45) is 7.05 Å². The molecule has 1 N–H and O–H groups in total. The Labute approximate surface area is 138 Å². The van der Waals surface area contributed by atoms with Gasteiger partial charge in [0, 0.05) is 44.9 Å². The number of aromatic nitrogens is 2. The van der Waals surface area contributed by atoms with Crippen LogP contribution in [0, 0.1) is 6.92 Å². The van der Waals surface area contributed by atoms with Crippen LogP contribution in [0.4, 0.5) is 5.82 Å². The molecule has 0 radical (unpaired) electrons. The van der Waals surface area contributed by atoms with Crippen LogP contribution in [-0.2, 0) is 13.6 Å². The van der Waals surface area contributed by atoms with E-state index in [1.807, 2.05) is 17.8 Å². The van der Waals surface area contributed by atoms with Crippen molar-refractivity contribution in [2.75, 3.05) is 25.6 Å². The van der Waals surface area contributed by atoms with Crippen molar-refractivity contribution in [3.63, 3.8) is 0 Å². The van der Waals surface area contributed by atoms with Crippen LogP contribution in [0.3, 0.4) is 0 Å². The van der Waals surface area contributed by atoms with Crippen molar-refractivity contribution >= 4 is 5.82 Å². The van der Waals surface area contributed by atoms with E-state index in [9.17, 15) is 0 Å². The zero-order chi connectivity index (χ0) is 16.4. The molecule has 2 heterocycles. The molecule has 0 bridgehead atoms. The molecule has 5 nitrogen and oxygen atoms in total. The highest BCUT2D eigenvalue weighted by Gasteiger charge is 2.21. The lowest BCUT2D eigenvalue weighted by Gasteiger charge is -2.20. The van der Waals surface area contributed by atoms with Gasteiger partial charge in [-0.1, -0.05) is 18.2 Å². The number of para-hydroxylation sites is 1. The minimum absolute atomic E-state index is 0.323. The number of anilines is 1. The highest BCUT2D eigenvalue weighted by molar-refractivity contribution is 5.49. The van der Waals surface area contributed by atoms with Gasteiger partial charge in [0.25, 0.3) is 0 Å². The van der Waals surface area contributed by atoms with Crippen LogP contribution in [-0.4, -0.2) is 30.5 Å². The summed E-state index contributed by atoms with van der Waals surface area (Å²) in [6.45, 7) is 3.68. The number of aryl methyl sites for hydroxylation is 2.